The Bertz CT molecular complexity index is 509. The Balaban J connectivity index is -0.000000103. The van der Waals surface area contributed by atoms with Gasteiger partial charge < -0.3 is 0 Å². The van der Waals surface area contributed by atoms with Gasteiger partial charge in [0, 0.05) is 24.2 Å². The van der Waals surface area contributed by atoms with E-state index in [9.17, 15) is 0 Å². The van der Waals surface area contributed by atoms with Crippen LogP contribution in [0.4, 0.5) is 0 Å². The summed E-state index contributed by atoms with van der Waals surface area (Å²) in [5, 5.41) is 32.8. The van der Waals surface area contributed by atoms with Gasteiger partial charge in [-0.3, -0.25) is 0 Å². The lowest BCUT2D eigenvalue weighted by molar-refractivity contribution is 0.398. The van der Waals surface area contributed by atoms with E-state index in [1.54, 1.807) is 0 Å². The van der Waals surface area contributed by atoms with Crippen molar-refractivity contribution < 1.29 is 0 Å². The van der Waals surface area contributed by atoms with Crippen LogP contribution in [-0.2, 0) is 0 Å². The minimum Gasteiger partial charge on any atom is -0.198 e. The van der Waals surface area contributed by atoms with Gasteiger partial charge in [-0.05, 0) is 51.4 Å². The smallest absolute Gasteiger partial charge is 0.0655 e. The molecule has 4 heteroatoms. The summed E-state index contributed by atoms with van der Waals surface area (Å²) in [5.41, 5.74) is 0.542. The van der Waals surface area contributed by atoms with Crippen LogP contribution in [0.1, 0.15) is 147 Å². The van der Waals surface area contributed by atoms with Crippen molar-refractivity contribution in [3.63, 3.8) is 0 Å². The Kier molecular flexibility index (Phi) is 44.1. The summed E-state index contributed by atoms with van der Waals surface area (Å²) in [6, 6.07) is 8.64. The molecule has 4 nitrogen and oxygen atoms in total. The molecule has 0 radical (unpaired) electrons. The first-order valence-electron chi connectivity index (χ1n) is 13.5. The third kappa shape index (κ3) is 57.2. The summed E-state index contributed by atoms with van der Waals surface area (Å²) in [7, 11) is 0. The lowest BCUT2D eigenvalue weighted by atomic mass is 9.94. The monoisotopic (exact) mass is 474 g/mol. The molecule has 0 amide bonds. The van der Waals surface area contributed by atoms with E-state index in [0.717, 1.165) is 51.4 Å². The van der Waals surface area contributed by atoms with Crippen molar-refractivity contribution in [2.45, 2.75) is 147 Å². The summed E-state index contributed by atoms with van der Waals surface area (Å²) >= 11 is 0. The summed E-state index contributed by atoms with van der Waals surface area (Å²) < 4.78 is 0. The second-order valence-corrected chi connectivity index (χ2v) is 9.81. The first-order valence-corrected chi connectivity index (χ1v) is 13.5. The van der Waals surface area contributed by atoms with Gasteiger partial charge in [-0.15, -0.1) is 0 Å². The van der Waals surface area contributed by atoms with Gasteiger partial charge in [0.2, 0.25) is 0 Å². The molecule has 0 saturated carbocycles. The van der Waals surface area contributed by atoms with Gasteiger partial charge in [-0.25, -0.2) is 0 Å². The molecule has 0 aromatic rings. The summed E-state index contributed by atoms with van der Waals surface area (Å²) in [6.45, 7) is 23.2. The zero-order valence-corrected chi connectivity index (χ0v) is 24.8. The normalized spacial score (nSPS) is 10.8. The van der Waals surface area contributed by atoms with E-state index in [0.29, 0.717) is 11.3 Å². The van der Waals surface area contributed by atoms with E-state index in [1.807, 2.05) is 27.7 Å². The molecular weight excluding hydrogens is 416 g/mol. The van der Waals surface area contributed by atoms with Gasteiger partial charge in [0.25, 0.3) is 0 Å². The Labute approximate surface area is 215 Å². The molecule has 0 fully saturated rings. The fourth-order valence-corrected chi connectivity index (χ4v) is 1.92. The predicted molar refractivity (Wildman–Crippen MR) is 149 cm³/mol. The van der Waals surface area contributed by atoms with E-state index >= 15 is 0 Å². The molecule has 2 atom stereocenters. The highest BCUT2D eigenvalue weighted by Gasteiger charge is 2.03. The summed E-state index contributed by atoms with van der Waals surface area (Å²) in [5.74, 6) is 0.801. The van der Waals surface area contributed by atoms with Crippen LogP contribution in [0.25, 0.3) is 0 Å². The van der Waals surface area contributed by atoms with Gasteiger partial charge >= 0.3 is 0 Å². The number of unbranched alkanes of at least 4 members (excludes halogenated alkanes) is 3. The van der Waals surface area contributed by atoms with Crippen molar-refractivity contribution in [3.8, 4) is 24.3 Å². The fourth-order valence-electron chi connectivity index (χ4n) is 1.92. The second-order valence-electron chi connectivity index (χ2n) is 9.81. The molecule has 0 spiro atoms. The number of rotatable bonds is 9. The molecule has 0 N–H and O–H groups in total. The molecule has 0 bridgehead atoms. The molecule has 0 saturated heterocycles. The van der Waals surface area contributed by atoms with Crippen LogP contribution in [0.2, 0.25) is 0 Å². The van der Waals surface area contributed by atoms with Gasteiger partial charge in [0.15, 0.2) is 0 Å². The maximum atomic E-state index is 8.28. The van der Waals surface area contributed by atoms with Gasteiger partial charge in [0.05, 0.1) is 24.3 Å². The van der Waals surface area contributed by atoms with Gasteiger partial charge in [-0.2, -0.15) is 21.0 Å². The molecular formula is C30H58N4. The number of hydrogen-bond donors (Lipinski definition) is 0. The Morgan fingerprint density at radius 2 is 1.00 bits per heavy atom. The third-order valence-corrected chi connectivity index (χ3v) is 5.01. The highest BCUT2D eigenvalue weighted by atomic mass is 14.3. The summed E-state index contributed by atoms with van der Waals surface area (Å²) in [6.07, 6.45) is 11.8. The molecule has 0 aliphatic rings. The predicted octanol–water partition coefficient (Wildman–Crippen LogP) is 10.4. The zero-order valence-electron chi connectivity index (χ0n) is 24.8. The average molecular weight is 475 g/mol. The van der Waals surface area contributed by atoms with Crippen LogP contribution >= 0.6 is 0 Å². The Hall–Kier alpha value is -2.04. The molecule has 0 aliphatic heterocycles. The fraction of sp³-hybridized carbons (Fsp3) is 0.867. The quantitative estimate of drug-likeness (QED) is 0.310. The first kappa shape index (κ1) is 42.1. The van der Waals surface area contributed by atoms with E-state index in [1.165, 1.54) is 19.3 Å². The van der Waals surface area contributed by atoms with Crippen molar-refractivity contribution in [1.29, 1.82) is 21.0 Å². The Morgan fingerprint density at radius 1 is 0.618 bits per heavy atom. The number of nitrogens with zero attached hydrogens (tertiary/aromatic N) is 4. The van der Waals surface area contributed by atoms with Gasteiger partial charge in [0.1, 0.15) is 0 Å². The number of nitriles is 4. The zero-order chi connectivity index (χ0) is 27.8. The topological polar surface area (TPSA) is 95.2 Å². The van der Waals surface area contributed by atoms with Crippen LogP contribution in [0, 0.1) is 68.5 Å². The second kappa shape index (κ2) is 35.5. The van der Waals surface area contributed by atoms with Gasteiger partial charge in [-0.1, -0.05) is 94.4 Å². The van der Waals surface area contributed by atoms with Crippen LogP contribution in [0.5, 0.6) is 0 Å². The van der Waals surface area contributed by atoms with E-state index in [-0.39, 0.29) is 11.8 Å². The average Bonchev–Trinajstić information content (AvgIpc) is 2.82. The minimum atomic E-state index is 0.255. The van der Waals surface area contributed by atoms with Crippen molar-refractivity contribution >= 4 is 0 Å². The molecule has 0 rings (SSSR count). The first-order chi connectivity index (χ1) is 15.9. The van der Waals surface area contributed by atoms with Crippen LogP contribution in [0.3, 0.4) is 0 Å². The van der Waals surface area contributed by atoms with Crippen molar-refractivity contribution in [3.05, 3.63) is 0 Å². The standard InChI is InChI=1S/4C6H11N.C6H14/c2*1-3-4-6(2)5-7;1-3-6(4-2)5-7;1-2-3-4-5-6-7;1-5-6(2,3)4/h3*6H,3-4H2,1-2H3;2-5H2,1H3;5H2,1-4H3. The molecule has 2 unspecified atom stereocenters. The van der Waals surface area contributed by atoms with Crippen molar-refractivity contribution in [2.24, 2.45) is 23.2 Å². The molecule has 198 valence electrons. The Morgan fingerprint density at radius 3 is 1.12 bits per heavy atom. The SMILES string of the molecule is CCC(C#N)CC.CCC(C)(C)C.CCCC(C)C#N.CCCC(C)C#N.CCCCCC#N. The maximum Gasteiger partial charge on any atom is 0.0655 e. The van der Waals surface area contributed by atoms with Crippen LogP contribution < -0.4 is 0 Å². The van der Waals surface area contributed by atoms with Crippen molar-refractivity contribution in [2.75, 3.05) is 0 Å². The molecule has 0 aromatic carbocycles. The highest BCUT2D eigenvalue weighted by molar-refractivity contribution is 4.79. The molecule has 0 aromatic heterocycles. The largest absolute Gasteiger partial charge is 0.198 e. The summed E-state index contributed by atoms with van der Waals surface area (Å²) in [4.78, 5) is 0. The van der Waals surface area contributed by atoms with E-state index in [4.69, 9.17) is 21.0 Å². The van der Waals surface area contributed by atoms with Crippen LogP contribution in [-0.4, -0.2) is 0 Å². The third-order valence-electron chi connectivity index (χ3n) is 5.01. The molecule has 0 heterocycles. The number of hydrogen-bond acceptors (Lipinski definition) is 4. The highest BCUT2D eigenvalue weighted by Crippen LogP contribution is 2.16. The van der Waals surface area contributed by atoms with E-state index < -0.39 is 0 Å². The van der Waals surface area contributed by atoms with E-state index in [2.05, 4.69) is 72.7 Å². The molecule has 0 aliphatic carbocycles. The lowest BCUT2D eigenvalue weighted by Crippen LogP contribution is -2.00. The molecule has 34 heavy (non-hydrogen) atoms. The van der Waals surface area contributed by atoms with Crippen molar-refractivity contribution in [1.82, 2.24) is 0 Å². The minimum absolute atomic E-state index is 0.255. The lowest BCUT2D eigenvalue weighted by Gasteiger charge is -2.12. The maximum absolute atomic E-state index is 8.28. The van der Waals surface area contributed by atoms with Crippen LogP contribution in [0.15, 0.2) is 0 Å².